The summed E-state index contributed by atoms with van der Waals surface area (Å²) in [5.74, 6) is 0.449. The Balaban J connectivity index is 1.97. The van der Waals surface area contributed by atoms with Gasteiger partial charge in [0.25, 0.3) is 0 Å². The SMILES string of the molecule is COc1ccc(CN[C@H](C)c2ccc(F)cc2)cc1Cl. The van der Waals surface area contributed by atoms with Crippen LogP contribution in [-0.2, 0) is 6.54 Å². The number of rotatable bonds is 5. The van der Waals surface area contributed by atoms with Crippen LogP contribution in [0.15, 0.2) is 42.5 Å². The van der Waals surface area contributed by atoms with Crippen LogP contribution in [0.25, 0.3) is 0 Å². The topological polar surface area (TPSA) is 21.3 Å². The van der Waals surface area contributed by atoms with Gasteiger partial charge in [0.15, 0.2) is 0 Å². The van der Waals surface area contributed by atoms with Crippen LogP contribution in [0, 0.1) is 5.82 Å². The molecule has 0 aromatic heterocycles. The number of halogens is 2. The molecule has 0 aliphatic heterocycles. The number of hydrogen-bond acceptors (Lipinski definition) is 2. The van der Waals surface area contributed by atoms with Gasteiger partial charge in [-0.25, -0.2) is 4.39 Å². The Kier molecular flexibility index (Phi) is 4.99. The minimum absolute atomic E-state index is 0.136. The van der Waals surface area contributed by atoms with Crippen LogP contribution in [0.5, 0.6) is 5.75 Å². The van der Waals surface area contributed by atoms with Gasteiger partial charge in [-0.2, -0.15) is 0 Å². The molecule has 1 atom stereocenters. The minimum atomic E-state index is -0.220. The first-order valence-electron chi connectivity index (χ1n) is 6.41. The number of ether oxygens (including phenoxy) is 1. The van der Waals surface area contributed by atoms with Crippen LogP contribution in [0.3, 0.4) is 0 Å². The monoisotopic (exact) mass is 293 g/mol. The van der Waals surface area contributed by atoms with E-state index >= 15 is 0 Å². The lowest BCUT2D eigenvalue weighted by atomic mass is 10.1. The molecular formula is C16H17ClFNO. The Morgan fingerprint density at radius 1 is 1.20 bits per heavy atom. The van der Waals surface area contributed by atoms with Crippen molar-refractivity contribution >= 4 is 11.6 Å². The molecular weight excluding hydrogens is 277 g/mol. The fourth-order valence-electron chi connectivity index (χ4n) is 1.96. The van der Waals surface area contributed by atoms with E-state index in [9.17, 15) is 4.39 Å². The van der Waals surface area contributed by atoms with E-state index in [-0.39, 0.29) is 11.9 Å². The molecule has 0 heterocycles. The molecule has 0 bridgehead atoms. The second kappa shape index (κ2) is 6.73. The van der Waals surface area contributed by atoms with Gasteiger partial charge >= 0.3 is 0 Å². The zero-order valence-corrected chi connectivity index (χ0v) is 12.2. The highest BCUT2D eigenvalue weighted by molar-refractivity contribution is 6.32. The summed E-state index contributed by atoms with van der Waals surface area (Å²) in [6.45, 7) is 2.72. The van der Waals surface area contributed by atoms with E-state index in [1.54, 1.807) is 19.2 Å². The van der Waals surface area contributed by atoms with E-state index < -0.39 is 0 Å². The molecule has 0 amide bonds. The molecule has 2 rings (SSSR count). The van der Waals surface area contributed by atoms with Crippen LogP contribution < -0.4 is 10.1 Å². The molecule has 1 N–H and O–H groups in total. The highest BCUT2D eigenvalue weighted by Gasteiger charge is 2.06. The molecule has 0 aliphatic carbocycles. The molecule has 0 saturated heterocycles. The lowest BCUT2D eigenvalue weighted by Crippen LogP contribution is -2.18. The molecule has 2 aromatic rings. The van der Waals surface area contributed by atoms with Gasteiger partial charge in [0.2, 0.25) is 0 Å². The van der Waals surface area contributed by atoms with Crippen molar-refractivity contribution in [3.8, 4) is 5.75 Å². The summed E-state index contributed by atoms with van der Waals surface area (Å²) in [5.41, 5.74) is 2.12. The van der Waals surface area contributed by atoms with Crippen molar-refractivity contribution in [3.63, 3.8) is 0 Å². The quantitative estimate of drug-likeness (QED) is 0.885. The highest BCUT2D eigenvalue weighted by atomic mass is 35.5. The summed E-state index contributed by atoms with van der Waals surface area (Å²) >= 11 is 6.08. The maximum absolute atomic E-state index is 12.9. The lowest BCUT2D eigenvalue weighted by Gasteiger charge is -2.15. The molecule has 0 unspecified atom stereocenters. The fourth-order valence-corrected chi connectivity index (χ4v) is 2.24. The summed E-state index contributed by atoms with van der Waals surface area (Å²) in [6.07, 6.45) is 0. The van der Waals surface area contributed by atoms with Crippen molar-refractivity contribution < 1.29 is 9.13 Å². The average molecular weight is 294 g/mol. The number of benzene rings is 2. The number of nitrogens with one attached hydrogen (secondary N) is 1. The van der Waals surface area contributed by atoms with Gasteiger partial charge in [-0.3, -0.25) is 0 Å². The van der Waals surface area contributed by atoms with E-state index in [0.717, 1.165) is 11.1 Å². The van der Waals surface area contributed by atoms with E-state index in [1.165, 1.54) is 12.1 Å². The summed E-state index contributed by atoms with van der Waals surface area (Å²) < 4.78 is 18.0. The summed E-state index contributed by atoms with van der Waals surface area (Å²) in [7, 11) is 1.59. The molecule has 0 spiro atoms. The highest BCUT2D eigenvalue weighted by Crippen LogP contribution is 2.25. The van der Waals surface area contributed by atoms with Gasteiger partial charge in [-0.15, -0.1) is 0 Å². The number of methoxy groups -OCH3 is 1. The van der Waals surface area contributed by atoms with Gasteiger partial charge in [0, 0.05) is 12.6 Å². The molecule has 106 valence electrons. The molecule has 2 nitrogen and oxygen atoms in total. The predicted molar refractivity (Wildman–Crippen MR) is 79.7 cm³/mol. The standard InChI is InChI=1S/C16H17ClFNO/c1-11(13-4-6-14(18)7-5-13)19-10-12-3-8-16(20-2)15(17)9-12/h3-9,11,19H,10H2,1-2H3/t11-/m1/s1. The van der Waals surface area contributed by atoms with Gasteiger partial charge in [-0.05, 0) is 42.3 Å². The summed E-state index contributed by atoms with van der Waals surface area (Å²) in [5, 5.41) is 3.98. The maximum atomic E-state index is 12.9. The summed E-state index contributed by atoms with van der Waals surface area (Å²) in [4.78, 5) is 0. The predicted octanol–water partition coefficient (Wildman–Crippen LogP) is 4.34. The third kappa shape index (κ3) is 3.71. The first-order valence-corrected chi connectivity index (χ1v) is 6.79. The molecule has 0 fully saturated rings. The normalized spacial score (nSPS) is 12.2. The molecule has 0 saturated carbocycles. The molecule has 20 heavy (non-hydrogen) atoms. The molecule has 2 aromatic carbocycles. The lowest BCUT2D eigenvalue weighted by molar-refractivity contribution is 0.414. The van der Waals surface area contributed by atoms with Gasteiger partial charge < -0.3 is 10.1 Å². The summed E-state index contributed by atoms with van der Waals surface area (Å²) in [6, 6.07) is 12.3. The van der Waals surface area contributed by atoms with Gasteiger partial charge in [0.1, 0.15) is 11.6 Å². The van der Waals surface area contributed by atoms with E-state index in [0.29, 0.717) is 17.3 Å². The zero-order valence-electron chi connectivity index (χ0n) is 11.5. The van der Waals surface area contributed by atoms with Crippen LogP contribution in [0.4, 0.5) is 4.39 Å². The zero-order chi connectivity index (χ0) is 14.5. The van der Waals surface area contributed by atoms with Crippen molar-refractivity contribution in [2.24, 2.45) is 0 Å². The second-order valence-corrected chi connectivity index (χ2v) is 5.03. The van der Waals surface area contributed by atoms with Crippen LogP contribution in [0.2, 0.25) is 5.02 Å². The van der Waals surface area contributed by atoms with Gasteiger partial charge in [-0.1, -0.05) is 29.8 Å². The van der Waals surface area contributed by atoms with Crippen LogP contribution in [0.1, 0.15) is 24.1 Å². The van der Waals surface area contributed by atoms with Crippen molar-refractivity contribution in [2.45, 2.75) is 19.5 Å². The number of hydrogen-bond donors (Lipinski definition) is 1. The minimum Gasteiger partial charge on any atom is -0.495 e. The molecule has 0 aliphatic rings. The second-order valence-electron chi connectivity index (χ2n) is 4.62. The van der Waals surface area contributed by atoms with E-state index in [4.69, 9.17) is 16.3 Å². The third-order valence-corrected chi connectivity index (χ3v) is 3.49. The Bertz CT molecular complexity index is 571. The smallest absolute Gasteiger partial charge is 0.137 e. The Hall–Kier alpha value is -1.58. The van der Waals surface area contributed by atoms with Crippen molar-refractivity contribution in [1.29, 1.82) is 0 Å². The largest absolute Gasteiger partial charge is 0.495 e. The average Bonchev–Trinajstić information content (AvgIpc) is 2.45. The first-order chi connectivity index (χ1) is 9.60. The van der Waals surface area contributed by atoms with Crippen molar-refractivity contribution in [3.05, 3.63) is 64.4 Å². The van der Waals surface area contributed by atoms with Gasteiger partial charge in [0.05, 0.1) is 12.1 Å². The van der Waals surface area contributed by atoms with Crippen LogP contribution >= 0.6 is 11.6 Å². The van der Waals surface area contributed by atoms with Crippen molar-refractivity contribution in [1.82, 2.24) is 5.32 Å². The van der Waals surface area contributed by atoms with E-state index in [2.05, 4.69) is 5.32 Å². The Morgan fingerprint density at radius 3 is 2.50 bits per heavy atom. The van der Waals surface area contributed by atoms with E-state index in [1.807, 2.05) is 25.1 Å². The Labute approximate surface area is 123 Å². The fraction of sp³-hybridized carbons (Fsp3) is 0.250. The van der Waals surface area contributed by atoms with Crippen LogP contribution in [-0.4, -0.2) is 7.11 Å². The Morgan fingerprint density at radius 2 is 1.90 bits per heavy atom. The maximum Gasteiger partial charge on any atom is 0.137 e. The van der Waals surface area contributed by atoms with Crippen molar-refractivity contribution in [2.75, 3.05) is 7.11 Å². The molecule has 4 heteroatoms. The third-order valence-electron chi connectivity index (χ3n) is 3.20. The first kappa shape index (κ1) is 14.8. The molecule has 0 radical (unpaired) electrons.